The number of hydrogen-bond donors (Lipinski definition) is 2. The van der Waals surface area contributed by atoms with Crippen molar-refractivity contribution in [1.29, 1.82) is 0 Å². The van der Waals surface area contributed by atoms with E-state index in [4.69, 9.17) is 14.2 Å². The highest BCUT2D eigenvalue weighted by atomic mass is 16.5. The molecule has 3 aromatic rings. The van der Waals surface area contributed by atoms with Crippen molar-refractivity contribution in [3.05, 3.63) is 59.7 Å². The molecule has 3 aromatic carbocycles. The number of carbonyl (C=O) groups excluding carboxylic acids is 1. The van der Waals surface area contributed by atoms with Gasteiger partial charge in [0.25, 0.3) is 5.91 Å². The Morgan fingerprint density at radius 2 is 1.64 bits per heavy atom. The van der Waals surface area contributed by atoms with Gasteiger partial charge in [-0.15, -0.1) is 0 Å². The Hall–Kier alpha value is -3.74. The van der Waals surface area contributed by atoms with Gasteiger partial charge in [0.2, 0.25) is 5.75 Å². The van der Waals surface area contributed by atoms with Crippen LogP contribution in [0.3, 0.4) is 0 Å². The van der Waals surface area contributed by atoms with Crippen LogP contribution >= 0.6 is 0 Å². The van der Waals surface area contributed by atoms with Gasteiger partial charge in [-0.25, -0.2) is 5.43 Å². The molecule has 0 atom stereocenters. The Kier molecular flexibility index (Phi) is 5.64. The number of amides is 1. The summed E-state index contributed by atoms with van der Waals surface area (Å²) in [5.74, 6) is 0.719. The number of hydrogen-bond acceptors (Lipinski definition) is 6. The summed E-state index contributed by atoms with van der Waals surface area (Å²) < 4.78 is 15.9. The normalized spacial score (nSPS) is 10.8. The van der Waals surface area contributed by atoms with E-state index in [1.54, 1.807) is 24.3 Å². The molecule has 7 heteroatoms. The number of phenols is 1. The highest BCUT2D eigenvalue weighted by molar-refractivity contribution is 6.01. The molecule has 0 bridgehead atoms. The molecule has 0 spiro atoms. The smallest absolute Gasteiger partial charge is 0.275 e. The van der Waals surface area contributed by atoms with Gasteiger partial charge in [-0.3, -0.25) is 4.79 Å². The monoisotopic (exact) mass is 380 g/mol. The zero-order valence-corrected chi connectivity index (χ0v) is 15.7. The first-order valence-corrected chi connectivity index (χ1v) is 8.43. The van der Waals surface area contributed by atoms with E-state index in [1.165, 1.54) is 27.5 Å². The lowest BCUT2D eigenvalue weighted by Gasteiger charge is -2.13. The third-order valence-electron chi connectivity index (χ3n) is 4.21. The van der Waals surface area contributed by atoms with Crippen molar-refractivity contribution in [3.8, 4) is 23.0 Å². The van der Waals surface area contributed by atoms with E-state index in [0.29, 0.717) is 22.8 Å². The van der Waals surface area contributed by atoms with Crippen LogP contribution in [0, 0.1) is 0 Å². The predicted octanol–water partition coefficient (Wildman–Crippen LogP) is 3.34. The molecule has 0 saturated heterocycles. The Balaban J connectivity index is 1.83. The van der Waals surface area contributed by atoms with Crippen molar-refractivity contribution in [2.24, 2.45) is 5.10 Å². The summed E-state index contributed by atoms with van der Waals surface area (Å²) in [5, 5.41) is 15.8. The number of rotatable bonds is 6. The maximum absolute atomic E-state index is 12.4. The van der Waals surface area contributed by atoms with E-state index < -0.39 is 5.91 Å². The van der Waals surface area contributed by atoms with Crippen LogP contribution in [0.5, 0.6) is 23.0 Å². The maximum Gasteiger partial charge on any atom is 0.275 e. The lowest BCUT2D eigenvalue weighted by atomic mass is 10.1. The number of phenolic OH excluding ortho intramolecular Hbond substituents is 1. The fraction of sp³-hybridized carbons (Fsp3) is 0.143. The third kappa shape index (κ3) is 3.68. The quantitative estimate of drug-likeness (QED) is 0.506. The highest BCUT2D eigenvalue weighted by Crippen LogP contribution is 2.39. The minimum Gasteiger partial charge on any atom is -0.507 e. The minimum absolute atomic E-state index is 0.116. The van der Waals surface area contributed by atoms with Crippen LogP contribution in [0.25, 0.3) is 10.8 Å². The second-order valence-electron chi connectivity index (χ2n) is 5.84. The van der Waals surface area contributed by atoms with Crippen LogP contribution in [-0.2, 0) is 0 Å². The average Bonchev–Trinajstić information content (AvgIpc) is 2.72. The topological polar surface area (TPSA) is 89.4 Å². The number of fused-ring (bicyclic) bond motifs is 1. The summed E-state index contributed by atoms with van der Waals surface area (Å²) in [4.78, 5) is 12.4. The molecule has 0 heterocycles. The molecule has 3 rings (SSSR count). The molecule has 0 aliphatic rings. The molecule has 0 aliphatic heterocycles. The Labute approximate surface area is 162 Å². The van der Waals surface area contributed by atoms with Gasteiger partial charge >= 0.3 is 0 Å². The highest BCUT2D eigenvalue weighted by Gasteiger charge is 2.15. The van der Waals surface area contributed by atoms with E-state index in [2.05, 4.69) is 10.5 Å². The minimum atomic E-state index is -0.529. The van der Waals surface area contributed by atoms with Crippen molar-refractivity contribution in [2.75, 3.05) is 21.3 Å². The van der Waals surface area contributed by atoms with Gasteiger partial charge in [0.15, 0.2) is 11.5 Å². The average molecular weight is 380 g/mol. The fourth-order valence-electron chi connectivity index (χ4n) is 2.86. The van der Waals surface area contributed by atoms with Crippen molar-refractivity contribution >= 4 is 22.9 Å². The zero-order valence-electron chi connectivity index (χ0n) is 15.7. The van der Waals surface area contributed by atoms with Crippen LogP contribution in [0.2, 0.25) is 0 Å². The van der Waals surface area contributed by atoms with Gasteiger partial charge < -0.3 is 19.3 Å². The van der Waals surface area contributed by atoms with Crippen molar-refractivity contribution < 1.29 is 24.1 Å². The summed E-state index contributed by atoms with van der Waals surface area (Å²) >= 11 is 0. The Morgan fingerprint density at radius 3 is 2.29 bits per heavy atom. The number of carbonyl (C=O) groups is 1. The molecular formula is C21H20N2O5. The van der Waals surface area contributed by atoms with Gasteiger partial charge in [-0.05, 0) is 35.0 Å². The van der Waals surface area contributed by atoms with E-state index in [9.17, 15) is 9.90 Å². The first-order chi connectivity index (χ1) is 13.6. The van der Waals surface area contributed by atoms with E-state index in [1.807, 2.05) is 24.3 Å². The summed E-state index contributed by atoms with van der Waals surface area (Å²) in [6.07, 6.45) is 1.43. The molecule has 28 heavy (non-hydrogen) atoms. The number of hydrazone groups is 1. The molecule has 0 aliphatic carbocycles. The molecule has 144 valence electrons. The predicted molar refractivity (Wildman–Crippen MR) is 107 cm³/mol. The summed E-state index contributed by atoms with van der Waals surface area (Å²) in [6, 6.07) is 14.0. The SMILES string of the molecule is COc1ccc(/C=N/NC(=O)c2cc3ccccc3cc2O)c(OC)c1OC. The molecule has 0 radical (unpaired) electrons. The van der Waals surface area contributed by atoms with Crippen LogP contribution in [-0.4, -0.2) is 38.6 Å². The molecule has 0 fully saturated rings. The van der Waals surface area contributed by atoms with Crippen LogP contribution in [0.15, 0.2) is 53.6 Å². The first kappa shape index (κ1) is 19.0. The number of ether oxygens (including phenoxy) is 3. The standard InChI is InChI=1S/C21H20N2O5/c1-26-18-9-8-15(19(27-2)20(18)28-3)12-22-23-21(25)16-10-13-6-4-5-7-14(13)11-17(16)24/h4-12,24H,1-3H3,(H,23,25)/b22-12+. The molecule has 0 aromatic heterocycles. The largest absolute Gasteiger partial charge is 0.507 e. The number of aromatic hydroxyl groups is 1. The number of nitrogens with one attached hydrogen (secondary N) is 1. The first-order valence-electron chi connectivity index (χ1n) is 8.43. The van der Waals surface area contributed by atoms with E-state index >= 15 is 0 Å². The van der Waals surface area contributed by atoms with Gasteiger partial charge in [-0.2, -0.15) is 5.10 Å². The lowest BCUT2D eigenvalue weighted by Crippen LogP contribution is -2.17. The molecule has 0 unspecified atom stereocenters. The van der Waals surface area contributed by atoms with Crippen LogP contribution in [0.4, 0.5) is 0 Å². The molecule has 2 N–H and O–H groups in total. The molecular weight excluding hydrogens is 360 g/mol. The number of methoxy groups -OCH3 is 3. The zero-order chi connectivity index (χ0) is 20.1. The van der Waals surface area contributed by atoms with Crippen LogP contribution < -0.4 is 19.6 Å². The molecule has 1 amide bonds. The van der Waals surface area contributed by atoms with Gasteiger partial charge in [0.1, 0.15) is 5.75 Å². The fourth-order valence-corrected chi connectivity index (χ4v) is 2.86. The van der Waals surface area contributed by atoms with E-state index in [0.717, 1.165) is 10.8 Å². The van der Waals surface area contributed by atoms with Crippen LogP contribution in [0.1, 0.15) is 15.9 Å². The molecule has 0 saturated carbocycles. The third-order valence-corrected chi connectivity index (χ3v) is 4.21. The number of benzene rings is 3. The second kappa shape index (κ2) is 8.30. The summed E-state index contributed by atoms with van der Waals surface area (Å²) in [6.45, 7) is 0. The second-order valence-corrected chi connectivity index (χ2v) is 5.84. The van der Waals surface area contributed by atoms with E-state index in [-0.39, 0.29) is 11.3 Å². The van der Waals surface area contributed by atoms with Gasteiger partial charge in [0.05, 0.1) is 33.1 Å². The van der Waals surface area contributed by atoms with Crippen molar-refractivity contribution in [3.63, 3.8) is 0 Å². The van der Waals surface area contributed by atoms with Crippen molar-refractivity contribution in [1.82, 2.24) is 5.43 Å². The summed E-state index contributed by atoms with van der Waals surface area (Å²) in [5.41, 5.74) is 3.13. The molecule has 7 nitrogen and oxygen atoms in total. The Morgan fingerprint density at radius 1 is 0.964 bits per heavy atom. The van der Waals surface area contributed by atoms with Crippen molar-refractivity contribution in [2.45, 2.75) is 0 Å². The summed E-state index contributed by atoms with van der Waals surface area (Å²) in [7, 11) is 4.53. The number of nitrogens with zero attached hydrogens (tertiary/aromatic N) is 1. The maximum atomic E-state index is 12.4. The van der Waals surface area contributed by atoms with Gasteiger partial charge in [-0.1, -0.05) is 24.3 Å². The lowest BCUT2D eigenvalue weighted by molar-refractivity contribution is 0.0952. The Bertz CT molecular complexity index is 1050. The van der Waals surface area contributed by atoms with Gasteiger partial charge in [0, 0.05) is 5.56 Å².